The fraction of sp³-hybridized carbons (Fsp3) is 0.263. The fourth-order valence-electron chi connectivity index (χ4n) is 2.65. The molecule has 0 saturated carbocycles. The number of Topliss-reactive ketones (excluding diaryl/α,β-unsaturated/α-hetero) is 1. The molecule has 0 aliphatic carbocycles. The first-order chi connectivity index (χ1) is 12.1. The molecule has 0 amide bonds. The zero-order valence-electron chi connectivity index (χ0n) is 13.8. The Hall–Kier alpha value is -2.71. The van der Waals surface area contributed by atoms with Crippen molar-refractivity contribution >= 4 is 23.1 Å². The summed E-state index contributed by atoms with van der Waals surface area (Å²) in [7, 11) is 0. The summed E-state index contributed by atoms with van der Waals surface area (Å²) in [5.74, 6) is 1.13. The maximum absolute atomic E-state index is 11.8. The molecule has 0 radical (unpaired) electrons. The van der Waals surface area contributed by atoms with Gasteiger partial charge in [0, 0.05) is 24.2 Å². The molecule has 1 N–H and O–H groups in total. The number of nitriles is 1. The summed E-state index contributed by atoms with van der Waals surface area (Å²) in [5, 5.41) is 12.8. The fourth-order valence-corrected chi connectivity index (χ4v) is 2.94. The highest BCUT2D eigenvalue weighted by Crippen LogP contribution is 2.38. The zero-order valence-corrected chi connectivity index (χ0v) is 14.5. The van der Waals surface area contributed by atoms with Gasteiger partial charge >= 0.3 is 0 Å². The lowest BCUT2D eigenvalue weighted by Gasteiger charge is -2.14. The van der Waals surface area contributed by atoms with Crippen LogP contribution in [0.15, 0.2) is 30.3 Å². The van der Waals surface area contributed by atoms with Crippen molar-refractivity contribution in [3.05, 3.63) is 52.0 Å². The van der Waals surface area contributed by atoms with Crippen LogP contribution in [0.4, 0.5) is 5.69 Å². The van der Waals surface area contributed by atoms with Crippen LogP contribution in [0.2, 0.25) is 5.02 Å². The number of hydrogen-bond donors (Lipinski definition) is 1. The van der Waals surface area contributed by atoms with Gasteiger partial charge in [0.25, 0.3) is 0 Å². The Labute approximate surface area is 151 Å². The van der Waals surface area contributed by atoms with Gasteiger partial charge in [0.2, 0.25) is 0 Å². The van der Waals surface area contributed by atoms with E-state index in [-0.39, 0.29) is 5.78 Å². The molecule has 128 valence electrons. The third kappa shape index (κ3) is 3.86. The number of anilines is 1. The number of ether oxygens (including phenoxy) is 2. The van der Waals surface area contributed by atoms with Crippen molar-refractivity contribution in [2.75, 3.05) is 18.5 Å². The van der Waals surface area contributed by atoms with Crippen LogP contribution in [0.1, 0.15) is 34.8 Å². The normalized spacial score (nSPS) is 12.8. The van der Waals surface area contributed by atoms with Crippen molar-refractivity contribution < 1.29 is 14.3 Å². The number of nitrogens with zero attached hydrogens (tertiary/aromatic N) is 1. The van der Waals surface area contributed by atoms with E-state index in [1.54, 1.807) is 18.2 Å². The molecule has 6 heteroatoms. The van der Waals surface area contributed by atoms with Crippen LogP contribution < -0.4 is 14.8 Å². The van der Waals surface area contributed by atoms with E-state index in [1.807, 2.05) is 12.1 Å². The summed E-state index contributed by atoms with van der Waals surface area (Å²) >= 11 is 6.30. The summed E-state index contributed by atoms with van der Waals surface area (Å²) in [4.78, 5) is 11.8. The number of carbonyl (C=O) groups excluding carboxylic acids is 1. The number of nitrogens with one attached hydrogen (secondary N) is 1. The monoisotopic (exact) mass is 356 g/mol. The Morgan fingerprint density at radius 2 is 2.08 bits per heavy atom. The minimum atomic E-state index is -0.0660. The number of carbonyl (C=O) groups is 1. The summed E-state index contributed by atoms with van der Waals surface area (Å²) < 4.78 is 11.3. The molecule has 0 saturated heterocycles. The minimum absolute atomic E-state index is 0.0660. The number of ketones is 1. The Morgan fingerprint density at radius 1 is 1.28 bits per heavy atom. The zero-order chi connectivity index (χ0) is 17.8. The average molecular weight is 357 g/mol. The Bertz CT molecular complexity index is 858. The molecule has 5 nitrogen and oxygen atoms in total. The predicted octanol–water partition coefficient (Wildman–Crippen LogP) is 4.19. The number of fused-ring (bicyclic) bond motifs is 1. The lowest BCUT2D eigenvalue weighted by molar-refractivity contribution is 0.101. The summed E-state index contributed by atoms with van der Waals surface area (Å²) in [6.45, 7) is 3.09. The summed E-state index contributed by atoms with van der Waals surface area (Å²) in [6.07, 6.45) is 0.807. The van der Waals surface area contributed by atoms with E-state index in [0.717, 1.165) is 12.0 Å². The number of benzene rings is 2. The van der Waals surface area contributed by atoms with Crippen molar-refractivity contribution in [2.45, 2.75) is 19.9 Å². The van der Waals surface area contributed by atoms with E-state index in [9.17, 15) is 4.79 Å². The van der Waals surface area contributed by atoms with Gasteiger partial charge in [-0.2, -0.15) is 5.26 Å². The molecular weight excluding hydrogens is 340 g/mol. The van der Waals surface area contributed by atoms with Gasteiger partial charge in [0.15, 0.2) is 17.3 Å². The lowest BCUT2D eigenvalue weighted by atomic mass is 10.1. The molecule has 1 heterocycles. The molecule has 0 spiro atoms. The molecule has 0 aromatic heterocycles. The topological polar surface area (TPSA) is 71.4 Å². The highest BCUT2D eigenvalue weighted by atomic mass is 35.5. The Balaban J connectivity index is 1.85. The maximum atomic E-state index is 11.8. The van der Waals surface area contributed by atoms with Crippen LogP contribution in [0.25, 0.3) is 0 Å². The Kier molecular flexibility index (Phi) is 5.11. The second-order valence-corrected chi connectivity index (χ2v) is 6.14. The second kappa shape index (κ2) is 7.45. The van der Waals surface area contributed by atoms with Crippen molar-refractivity contribution in [1.29, 1.82) is 5.26 Å². The van der Waals surface area contributed by atoms with Gasteiger partial charge in [-0.25, -0.2) is 0 Å². The predicted molar refractivity (Wildman–Crippen MR) is 95.5 cm³/mol. The molecule has 0 unspecified atom stereocenters. The van der Waals surface area contributed by atoms with E-state index in [1.165, 1.54) is 6.92 Å². The van der Waals surface area contributed by atoms with Gasteiger partial charge in [0.05, 0.1) is 29.9 Å². The van der Waals surface area contributed by atoms with Crippen LogP contribution in [0, 0.1) is 11.3 Å². The lowest BCUT2D eigenvalue weighted by Crippen LogP contribution is -2.06. The van der Waals surface area contributed by atoms with E-state index < -0.39 is 0 Å². The molecule has 2 aromatic rings. The first kappa shape index (κ1) is 17.1. The molecule has 3 rings (SSSR count). The molecule has 25 heavy (non-hydrogen) atoms. The largest absolute Gasteiger partial charge is 0.489 e. The van der Waals surface area contributed by atoms with Crippen LogP contribution >= 0.6 is 11.6 Å². The highest BCUT2D eigenvalue weighted by Gasteiger charge is 2.16. The van der Waals surface area contributed by atoms with Crippen molar-refractivity contribution in [3.63, 3.8) is 0 Å². The molecule has 0 atom stereocenters. The molecule has 1 aliphatic rings. The van der Waals surface area contributed by atoms with Gasteiger partial charge in [-0.1, -0.05) is 11.6 Å². The molecule has 2 aromatic carbocycles. The standard InChI is InChI=1S/C19H17ClN2O3/c1-12(23)15-4-3-13(10-21)8-17(15)22-11-14-7-16(20)19-18(9-14)24-5-2-6-25-19/h3-4,7-9,22H,2,5-6,11H2,1H3. The van der Waals surface area contributed by atoms with Crippen LogP contribution in [0.3, 0.4) is 0 Å². The van der Waals surface area contributed by atoms with E-state index in [2.05, 4.69) is 11.4 Å². The van der Waals surface area contributed by atoms with E-state index >= 15 is 0 Å². The van der Waals surface area contributed by atoms with Crippen LogP contribution in [-0.4, -0.2) is 19.0 Å². The minimum Gasteiger partial charge on any atom is -0.489 e. The van der Waals surface area contributed by atoms with Gasteiger partial charge in [-0.05, 0) is 42.8 Å². The van der Waals surface area contributed by atoms with Crippen molar-refractivity contribution in [1.82, 2.24) is 0 Å². The van der Waals surface area contributed by atoms with Crippen molar-refractivity contribution in [3.8, 4) is 17.6 Å². The number of rotatable bonds is 4. The van der Waals surface area contributed by atoms with E-state index in [0.29, 0.717) is 53.1 Å². The summed E-state index contributed by atoms with van der Waals surface area (Å²) in [6, 6.07) is 10.7. The van der Waals surface area contributed by atoms with E-state index in [4.69, 9.17) is 26.3 Å². The van der Waals surface area contributed by atoms with Gasteiger partial charge in [0.1, 0.15) is 0 Å². The smallest absolute Gasteiger partial charge is 0.179 e. The Morgan fingerprint density at radius 3 is 2.84 bits per heavy atom. The first-order valence-corrected chi connectivity index (χ1v) is 8.33. The molecule has 1 aliphatic heterocycles. The number of halogens is 1. The molecular formula is C19H17ClN2O3. The summed E-state index contributed by atoms with van der Waals surface area (Å²) in [5.41, 5.74) is 2.55. The highest BCUT2D eigenvalue weighted by molar-refractivity contribution is 6.32. The SMILES string of the molecule is CC(=O)c1ccc(C#N)cc1NCc1cc(Cl)c2c(c1)OCCCO2. The number of hydrogen-bond acceptors (Lipinski definition) is 5. The van der Waals surface area contributed by atoms with Gasteiger partial charge in [-0.15, -0.1) is 0 Å². The third-order valence-corrected chi connectivity index (χ3v) is 4.15. The third-order valence-electron chi connectivity index (χ3n) is 3.87. The van der Waals surface area contributed by atoms with Crippen molar-refractivity contribution in [2.24, 2.45) is 0 Å². The van der Waals surface area contributed by atoms with Crippen LogP contribution in [-0.2, 0) is 6.54 Å². The van der Waals surface area contributed by atoms with Crippen LogP contribution in [0.5, 0.6) is 11.5 Å². The molecule has 0 bridgehead atoms. The maximum Gasteiger partial charge on any atom is 0.179 e. The van der Waals surface area contributed by atoms with Gasteiger partial charge in [-0.3, -0.25) is 4.79 Å². The second-order valence-electron chi connectivity index (χ2n) is 5.74. The first-order valence-electron chi connectivity index (χ1n) is 7.95. The molecule has 0 fully saturated rings. The average Bonchev–Trinajstić information content (AvgIpc) is 2.85. The quantitative estimate of drug-likeness (QED) is 0.832. The van der Waals surface area contributed by atoms with Gasteiger partial charge < -0.3 is 14.8 Å².